The second-order valence-corrected chi connectivity index (χ2v) is 5.26. The minimum atomic E-state index is 0.655. The molecule has 0 aliphatic carbocycles. The Kier molecular flexibility index (Phi) is 3.57. The van der Waals surface area contributed by atoms with Crippen LogP contribution >= 0.6 is 0 Å². The Morgan fingerprint density at radius 1 is 1.14 bits per heavy atom. The zero-order chi connectivity index (χ0) is 14.8. The van der Waals surface area contributed by atoms with Crippen LogP contribution in [0, 0.1) is 6.92 Å². The van der Waals surface area contributed by atoms with Crippen LogP contribution in [0.4, 0.5) is 5.69 Å². The maximum atomic E-state index is 5.93. The van der Waals surface area contributed by atoms with Gasteiger partial charge in [0, 0.05) is 28.4 Å². The third-order valence-corrected chi connectivity index (χ3v) is 3.71. The normalized spacial score (nSPS) is 11.0. The molecule has 0 aliphatic heterocycles. The molecule has 3 heteroatoms. The second-order valence-electron chi connectivity index (χ2n) is 5.26. The lowest BCUT2D eigenvalue weighted by molar-refractivity contribution is 0.336. The summed E-state index contributed by atoms with van der Waals surface area (Å²) in [6.07, 6.45) is 2.18. The molecule has 0 radical (unpaired) electrons. The summed E-state index contributed by atoms with van der Waals surface area (Å²) in [5, 5.41) is 1.29. The molecular weight excluding hydrogens is 260 g/mol. The average molecular weight is 280 g/mol. The molecule has 2 aromatic carbocycles. The van der Waals surface area contributed by atoms with Crippen molar-refractivity contribution in [1.29, 1.82) is 0 Å². The summed E-state index contributed by atoms with van der Waals surface area (Å²) in [7, 11) is 0. The van der Waals surface area contributed by atoms with E-state index in [1.54, 1.807) is 0 Å². The highest BCUT2D eigenvalue weighted by Gasteiger charge is 2.09. The molecule has 1 aromatic heterocycles. The summed E-state index contributed by atoms with van der Waals surface area (Å²) in [5.74, 6) is 0.905. The number of benzene rings is 2. The Bertz CT molecular complexity index is 774. The predicted octanol–water partition coefficient (Wildman–Crippen LogP) is 3.98. The van der Waals surface area contributed by atoms with Gasteiger partial charge >= 0.3 is 0 Å². The zero-order valence-corrected chi connectivity index (χ0v) is 12.5. The van der Waals surface area contributed by atoms with E-state index in [2.05, 4.69) is 42.0 Å². The Balaban J connectivity index is 2.04. The molecule has 3 rings (SSSR count). The van der Waals surface area contributed by atoms with Gasteiger partial charge in [0.25, 0.3) is 0 Å². The van der Waals surface area contributed by atoms with Crippen molar-refractivity contribution in [2.75, 3.05) is 12.3 Å². The predicted molar refractivity (Wildman–Crippen MR) is 87.8 cm³/mol. The Morgan fingerprint density at radius 2 is 1.95 bits per heavy atom. The lowest BCUT2D eigenvalue weighted by atomic mass is 10.1. The molecular formula is C18H20N2O. The van der Waals surface area contributed by atoms with E-state index in [0.29, 0.717) is 6.61 Å². The van der Waals surface area contributed by atoms with E-state index in [9.17, 15) is 0 Å². The SMILES string of the molecule is CCOc1ccc(N)cc1Cn1cc(C)c2ccccc21. The van der Waals surface area contributed by atoms with Gasteiger partial charge in [-0.05, 0) is 43.7 Å². The van der Waals surface area contributed by atoms with E-state index in [1.165, 1.54) is 16.5 Å². The van der Waals surface area contributed by atoms with E-state index in [4.69, 9.17) is 10.5 Å². The van der Waals surface area contributed by atoms with Crippen molar-refractivity contribution in [2.45, 2.75) is 20.4 Å². The molecule has 3 aromatic rings. The smallest absolute Gasteiger partial charge is 0.124 e. The van der Waals surface area contributed by atoms with Gasteiger partial charge < -0.3 is 15.0 Å². The molecule has 108 valence electrons. The van der Waals surface area contributed by atoms with Crippen LogP contribution in [-0.2, 0) is 6.54 Å². The highest BCUT2D eigenvalue weighted by atomic mass is 16.5. The molecule has 0 saturated carbocycles. The number of nitrogens with zero attached hydrogens (tertiary/aromatic N) is 1. The monoisotopic (exact) mass is 280 g/mol. The molecule has 3 nitrogen and oxygen atoms in total. The molecule has 0 spiro atoms. The number of nitrogens with two attached hydrogens (primary N) is 1. The summed E-state index contributed by atoms with van der Waals surface area (Å²) in [4.78, 5) is 0. The molecule has 0 unspecified atom stereocenters. The molecule has 0 amide bonds. The van der Waals surface area contributed by atoms with Crippen molar-refractivity contribution in [2.24, 2.45) is 0 Å². The first-order valence-corrected chi connectivity index (χ1v) is 7.24. The maximum Gasteiger partial charge on any atom is 0.124 e. The first kappa shape index (κ1) is 13.6. The minimum absolute atomic E-state index is 0.655. The van der Waals surface area contributed by atoms with Crippen LogP contribution in [0.15, 0.2) is 48.7 Å². The summed E-state index contributed by atoms with van der Waals surface area (Å²) < 4.78 is 7.97. The molecule has 0 aliphatic rings. The van der Waals surface area contributed by atoms with E-state index in [1.807, 2.05) is 25.1 Å². The standard InChI is InChI=1S/C18H20N2O/c1-3-21-18-9-8-15(19)10-14(18)12-20-11-13(2)16-6-4-5-7-17(16)20/h4-11H,3,12,19H2,1-2H3. The van der Waals surface area contributed by atoms with Crippen molar-refractivity contribution >= 4 is 16.6 Å². The van der Waals surface area contributed by atoms with Gasteiger partial charge in [-0.1, -0.05) is 18.2 Å². The first-order valence-electron chi connectivity index (χ1n) is 7.24. The van der Waals surface area contributed by atoms with Crippen molar-refractivity contribution in [3.05, 3.63) is 59.8 Å². The highest BCUT2D eigenvalue weighted by Crippen LogP contribution is 2.26. The number of fused-ring (bicyclic) bond motifs is 1. The Hall–Kier alpha value is -2.42. The molecule has 0 atom stereocenters. The topological polar surface area (TPSA) is 40.2 Å². The summed E-state index contributed by atoms with van der Waals surface area (Å²) in [6.45, 7) is 5.55. The van der Waals surface area contributed by atoms with Gasteiger partial charge in [0.2, 0.25) is 0 Å². The maximum absolute atomic E-state index is 5.93. The molecule has 2 N–H and O–H groups in total. The number of rotatable bonds is 4. The highest BCUT2D eigenvalue weighted by molar-refractivity contribution is 5.83. The number of hydrogen-bond acceptors (Lipinski definition) is 2. The zero-order valence-electron chi connectivity index (χ0n) is 12.5. The molecule has 0 bridgehead atoms. The van der Waals surface area contributed by atoms with Gasteiger partial charge in [-0.2, -0.15) is 0 Å². The van der Waals surface area contributed by atoms with Gasteiger partial charge in [-0.25, -0.2) is 0 Å². The number of para-hydroxylation sites is 1. The second kappa shape index (κ2) is 5.52. The average Bonchev–Trinajstić information content (AvgIpc) is 2.79. The van der Waals surface area contributed by atoms with Crippen LogP contribution in [0.5, 0.6) is 5.75 Å². The molecule has 21 heavy (non-hydrogen) atoms. The summed E-state index contributed by atoms with van der Waals surface area (Å²) in [6, 6.07) is 14.3. The van der Waals surface area contributed by atoms with Gasteiger partial charge in [-0.15, -0.1) is 0 Å². The van der Waals surface area contributed by atoms with Crippen LogP contribution in [-0.4, -0.2) is 11.2 Å². The fourth-order valence-electron chi connectivity index (χ4n) is 2.76. The lowest BCUT2D eigenvalue weighted by Gasteiger charge is -2.12. The van der Waals surface area contributed by atoms with Crippen LogP contribution < -0.4 is 10.5 Å². The van der Waals surface area contributed by atoms with Crippen molar-refractivity contribution in [3.8, 4) is 5.75 Å². The van der Waals surface area contributed by atoms with Gasteiger partial charge in [0.1, 0.15) is 5.75 Å². The van der Waals surface area contributed by atoms with Crippen molar-refractivity contribution in [1.82, 2.24) is 4.57 Å². The summed E-state index contributed by atoms with van der Waals surface area (Å²) >= 11 is 0. The van der Waals surface area contributed by atoms with Gasteiger partial charge in [0.15, 0.2) is 0 Å². The number of aryl methyl sites for hydroxylation is 1. The van der Waals surface area contributed by atoms with Crippen LogP contribution in [0.2, 0.25) is 0 Å². The van der Waals surface area contributed by atoms with E-state index >= 15 is 0 Å². The number of anilines is 1. The number of ether oxygens (including phenoxy) is 1. The van der Waals surface area contributed by atoms with E-state index < -0.39 is 0 Å². The minimum Gasteiger partial charge on any atom is -0.494 e. The largest absolute Gasteiger partial charge is 0.494 e. The lowest BCUT2D eigenvalue weighted by Crippen LogP contribution is -2.03. The summed E-state index contributed by atoms with van der Waals surface area (Å²) in [5.41, 5.74) is 10.3. The van der Waals surface area contributed by atoms with Crippen LogP contribution in [0.25, 0.3) is 10.9 Å². The fourth-order valence-corrected chi connectivity index (χ4v) is 2.76. The number of nitrogen functional groups attached to an aromatic ring is 1. The van der Waals surface area contributed by atoms with Crippen LogP contribution in [0.1, 0.15) is 18.1 Å². The van der Waals surface area contributed by atoms with E-state index in [0.717, 1.165) is 23.5 Å². The third-order valence-electron chi connectivity index (χ3n) is 3.71. The van der Waals surface area contributed by atoms with E-state index in [-0.39, 0.29) is 0 Å². The van der Waals surface area contributed by atoms with Crippen LogP contribution in [0.3, 0.4) is 0 Å². The van der Waals surface area contributed by atoms with Crippen molar-refractivity contribution < 1.29 is 4.74 Å². The van der Waals surface area contributed by atoms with Gasteiger partial charge in [0.05, 0.1) is 13.2 Å². The first-order chi connectivity index (χ1) is 10.2. The third kappa shape index (κ3) is 2.59. The van der Waals surface area contributed by atoms with Gasteiger partial charge in [-0.3, -0.25) is 0 Å². The Morgan fingerprint density at radius 3 is 2.76 bits per heavy atom. The fraction of sp³-hybridized carbons (Fsp3) is 0.222. The number of aromatic nitrogens is 1. The molecule has 0 saturated heterocycles. The van der Waals surface area contributed by atoms with Crippen molar-refractivity contribution in [3.63, 3.8) is 0 Å². The molecule has 1 heterocycles. The molecule has 0 fully saturated rings. The Labute approximate surface area is 125 Å². The number of hydrogen-bond donors (Lipinski definition) is 1. The quantitative estimate of drug-likeness (QED) is 0.734.